The molecule has 320 valence electrons. The molecule has 16 N–H and O–H groups in total. The maximum atomic E-state index is 13.6. The number of phenolic OH excluding ortho intramolecular Hbond substituents is 1. The van der Waals surface area contributed by atoms with Crippen LogP contribution in [0.5, 0.6) is 5.75 Å². The molecule has 1 aromatic carbocycles. The second-order valence-electron chi connectivity index (χ2n) is 13.8. The minimum atomic E-state index is -1.82. The van der Waals surface area contributed by atoms with Gasteiger partial charge in [0.25, 0.3) is 0 Å². The van der Waals surface area contributed by atoms with Crippen LogP contribution in [0.2, 0.25) is 0 Å². The van der Waals surface area contributed by atoms with E-state index in [-0.39, 0.29) is 30.9 Å². The number of rotatable bonds is 24. The molecule has 0 saturated carbocycles. The van der Waals surface area contributed by atoms with Crippen molar-refractivity contribution in [2.75, 3.05) is 13.2 Å². The number of carboxylic acid groups (broad SMARTS) is 1. The Hall–Kier alpha value is -6.17. The molecule has 0 radical (unpaired) electrons. The van der Waals surface area contributed by atoms with Crippen LogP contribution in [0.25, 0.3) is 0 Å². The number of benzene rings is 1. The number of nitrogens with two attached hydrogens (primary N) is 2. The Balaban J connectivity index is 2.22. The van der Waals surface area contributed by atoms with Crippen LogP contribution in [0.3, 0.4) is 0 Å². The highest BCUT2D eigenvalue weighted by Gasteiger charge is 2.35. The third kappa shape index (κ3) is 15.8. The molecular formula is C35H52N10O13. The van der Waals surface area contributed by atoms with E-state index in [1.807, 2.05) is 0 Å². The van der Waals surface area contributed by atoms with Gasteiger partial charge in [-0.2, -0.15) is 0 Å². The van der Waals surface area contributed by atoms with Gasteiger partial charge in [-0.3, -0.25) is 33.6 Å². The van der Waals surface area contributed by atoms with Crippen molar-refractivity contribution in [1.29, 1.82) is 0 Å². The number of aliphatic hydroxyl groups is 3. The van der Waals surface area contributed by atoms with Gasteiger partial charge in [0.15, 0.2) is 0 Å². The normalized spacial score (nSPS) is 15.2. The number of aromatic hydroxyl groups is 1. The molecule has 0 spiro atoms. The number of aliphatic hydroxyl groups excluding tert-OH is 3. The van der Waals surface area contributed by atoms with Crippen molar-refractivity contribution in [2.45, 2.75) is 94.9 Å². The van der Waals surface area contributed by atoms with Gasteiger partial charge in [0.2, 0.25) is 41.4 Å². The van der Waals surface area contributed by atoms with Crippen molar-refractivity contribution in [3.8, 4) is 5.75 Å². The van der Waals surface area contributed by atoms with E-state index >= 15 is 0 Å². The number of aliphatic carboxylic acids is 1. The number of H-pyrrole nitrogens is 1. The Morgan fingerprint density at radius 1 is 0.707 bits per heavy atom. The fraction of sp³-hybridized carbons (Fsp3) is 0.514. The number of carbonyl (C=O) groups is 8. The number of hydrogen-bond acceptors (Lipinski definition) is 14. The van der Waals surface area contributed by atoms with Crippen molar-refractivity contribution in [1.82, 2.24) is 41.9 Å². The van der Waals surface area contributed by atoms with E-state index in [0.29, 0.717) is 11.3 Å². The van der Waals surface area contributed by atoms with Crippen molar-refractivity contribution < 1.29 is 63.9 Å². The van der Waals surface area contributed by atoms with Crippen LogP contribution in [0.4, 0.5) is 0 Å². The van der Waals surface area contributed by atoms with Gasteiger partial charge in [0.05, 0.1) is 38.1 Å². The number of nitrogens with one attached hydrogen (secondary N) is 7. The molecule has 23 heteroatoms. The number of nitrogens with zero attached hydrogens (tertiary/aromatic N) is 1. The second-order valence-corrected chi connectivity index (χ2v) is 13.8. The number of aromatic nitrogens is 2. The molecule has 58 heavy (non-hydrogen) atoms. The van der Waals surface area contributed by atoms with Gasteiger partial charge < -0.3 is 73.9 Å². The summed E-state index contributed by atoms with van der Waals surface area (Å²) in [6, 6.07) is -5.25. The Bertz CT molecular complexity index is 1720. The van der Waals surface area contributed by atoms with Crippen LogP contribution in [-0.4, -0.2) is 144 Å². The molecule has 23 nitrogen and oxygen atoms in total. The Morgan fingerprint density at radius 2 is 1.22 bits per heavy atom. The van der Waals surface area contributed by atoms with Gasteiger partial charge in [0, 0.05) is 18.3 Å². The van der Waals surface area contributed by atoms with Gasteiger partial charge in [-0.15, -0.1) is 0 Å². The SMILES string of the molecule is CC(C)C[C@H](NC(=O)[C@H](CC(N)=O)NC(=O)[C@H](CO)NC(=O)[C@@H](NC(=O)[C@@H](N)Cc1ccc(O)cc1)[C@@H](C)O)C(=O)N[C@@H](Cc1cnc[nH]1)C(=O)N[C@@H](CO)C(=O)O. The minimum Gasteiger partial charge on any atom is -0.508 e. The molecule has 1 aromatic heterocycles. The predicted molar refractivity (Wildman–Crippen MR) is 200 cm³/mol. The quantitative estimate of drug-likeness (QED) is 0.0470. The lowest BCUT2D eigenvalue weighted by atomic mass is 10.0. The summed E-state index contributed by atoms with van der Waals surface area (Å²) >= 11 is 0. The minimum absolute atomic E-state index is 0.0100. The van der Waals surface area contributed by atoms with E-state index < -0.39 is 115 Å². The largest absolute Gasteiger partial charge is 0.508 e. The van der Waals surface area contributed by atoms with Gasteiger partial charge in [-0.05, 0) is 43.4 Å². The Kier molecular flexibility index (Phi) is 19.2. The van der Waals surface area contributed by atoms with Gasteiger partial charge >= 0.3 is 5.97 Å². The van der Waals surface area contributed by atoms with Crippen LogP contribution in [0.15, 0.2) is 36.8 Å². The van der Waals surface area contributed by atoms with Crippen molar-refractivity contribution in [2.24, 2.45) is 17.4 Å². The lowest BCUT2D eigenvalue weighted by Gasteiger charge is -2.27. The number of phenols is 1. The fourth-order valence-corrected chi connectivity index (χ4v) is 5.31. The molecule has 2 aromatic rings. The van der Waals surface area contributed by atoms with Crippen LogP contribution < -0.4 is 43.4 Å². The third-order valence-corrected chi connectivity index (χ3v) is 8.39. The van der Waals surface area contributed by atoms with E-state index in [1.54, 1.807) is 13.8 Å². The Morgan fingerprint density at radius 3 is 1.74 bits per heavy atom. The van der Waals surface area contributed by atoms with E-state index in [9.17, 15) is 63.9 Å². The summed E-state index contributed by atoms with van der Waals surface area (Å²) in [5.74, 6) is -9.17. The highest BCUT2D eigenvalue weighted by molar-refractivity contribution is 5.98. The summed E-state index contributed by atoms with van der Waals surface area (Å²) in [7, 11) is 0. The smallest absolute Gasteiger partial charge is 0.328 e. The van der Waals surface area contributed by atoms with Crippen LogP contribution in [0, 0.1) is 5.92 Å². The molecule has 2 rings (SSSR count). The molecule has 8 atom stereocenters. The van der Waals surface area contributed by atoms with Crippen molar-refractivity contribution in [3.63, 3.8) is 0 Å². The molecule has 0 bridgehead atoms. The summed E-state index contributed by atoms with van der Waals surface area (Å²) < 4.78 is 0. The molecule has 7 amide bonds. The predicted octanol–water partition coefficient (Wildman–Crippen LogP) is -5.49. The molecule has 0 aliphatic heterocycles. The van der Waals surface area contributed by atoms with Crippen molar-refractivity contribution in [3.05, 3.63) is 48.0 Å². The average Bonchev–Trinajstić information content (AvgIpc) is 3.67. The zero-order valence-electron chi connectivity index (χ0n) is 32.0. The van der Waals surface area contributed by atoms with Gasteiger partial charge in [-0.25, -0.2) is 9.78 Å². The van der Waals surface area contributed by atoms with E-state index in [1.165, 1.54) is 36.8 Å². The zero-order valence-corrected chi connectivity index (χ0v) is 32.0. The number of imidazole rings is 1. The molecule has 0 fully saturated rings. The summed E-state index contributed by atoms with van der Waals surface area (Å²) in [6.07, 6.45) is -0.0124. The van der Waals surface area contributed by atoms with Gasteiger partial charge in [-0.1, -0.05) is 26.0 Å². The number of primary amides is 1. The maximum Gasteiger partial charge on any atom is 0.328 e. The van der Waals surface area contributed by atoms with Crippen molar-refractivity contribution >= 4 is 47.3 Å². The average molecular weight is 821 g/mol. The summed E-state index contributed by atoms with van der Waals surface area (Å²) in [6.45, 7) is 2.53. The number of amides is 7. The maximum absolute atomic E-state index is 13.6. The summed E-state index contributed by atoms with van der Waals surface area (Å²) in [4.78, 5) is 110. The fourth-order valence-electron chi connectivity index (χ4n) is 5.31. The molecule has 1 heterocycles. The molecule has 0 saturated heterocycles. The van der Waals surface area contributed by atoms with Crippen LogP contribution in [-0.2, 0) is 51.2 Å². The Labute approximate surface area is 332 Å². The molecule has 0 aliphatic carbocycles. The number of aromatic amines is 1. The lowest BCUT2D eigenvalue weighted by molar-refractivity contribution is -0.143. The van der Waals surface area contributed by atoms with E-state index in [0.717, 1.165) is 6.92 Å². The second kappa shape index (κ2) is 23.2. The zero-order chi connectivity index (χ0) is 43.7. The number of hydrogen-bond donors (Lipinski definition) is 14. The number of carbonyl (C=O) groups excluding carboxylic acids is 7. The summed E-state index contributed by atoms with van der Waals surface area (Å²) in [5.41, 5.74) is 12.2. The van der Waals surface area contributed by atoms with Crippen LogP contribution >= 0.6 is 0 Å². The lowest BCUT2D eigenvalue weighted by Crippen LogP contribution is -2.62. The third-order valence-electron chi connectivity index (χ3n) is 8.39. The molecule has 0 unspecified atom stereocenters. The summed E-state index contributed by atoms with van der Waals surface area (Å²) in [5, 5.41) is 62.0. The molecule has 0 aliphatic rings. The highest BCUT2D eigenvalue weighted by atomic mass is 16.4. The first-order valence-electron chi connectivity index (χ1n) is 18.0. The first-order chi connectivity index (χ1) is 27.2. The first kappa shape index (κ1) is 48.0. The number of carboxylic acids is 1. The first-order valence-corrected chi connectivity index (χ1v) is 18.0. The van der Waals surface area contributed by atoms with E-state index in [2.05, 4.69) is 41.9 Å². The van der Waals surface area contributed by atoms with E-state index in [4.69, 9.17) is 11.5 Å². The standard InChI is InChI=1S/C35H52N10O13/c1-16(2)8-22(30(52)41-23(10-19-12-38-15-39-19)31(53)44-26(14-47)35(57)58)40-32(54)24(11-27(37)50)42-33(55)25(13-46)43-34(56)28(17(3)48)45-29(51)21(36)9-18-4-6-20(49)7-5-18/h4-7,12,15-17,21-26,28,46-49H,8-11,13-14,36H2,1-3H3,(H2,37,50)(H,38,39)(H,40,54)(H,41,52)(H,42,55)(H,43,56)(H,44,53)(H,45,51)(H,57,58)/t17-,21+,22+,23+,24+,25+,26+,28+/m1/s1. The topological polar surface area (TPSA) is 391 Å². The molecular weight excluding hydrogens is 768 g/mol. The monoisotopic (exact) mass is 820 g/mol. The van der Waals surface area contributed by atoms with Crippen LogP contribution in [0.1, 0.15) is 44.9 Å². The van der Waals surface area contributed by atoms with Gasteiger partial charge in [0.1, 0.15) is 42.0 Å². The highest BCUT2D eigenvalue weighted by Crippen LogP contribution is 2.12.